The molecule has 8 heteroatoms. The Hall–Kier alpha value is -2.54. The van der Waals surface area contributed by atoms with Gasteiger partial charge in [0.2, 0.25) is 11.8 Å². The maximum absolute atomic E-state index is 12.9. The Bertz CT molecular complexity index is 760. The monoisotopic (exact) mass is 418 g/mol. The third-order valence-electron chi connectivity index (χ3n) is 5.52. The molecule has 0 radical (unpaired) electrons. The number of nitrogens with one attached hydrogen (secondary N) is 1. The Labute approximate surface area is 176 Å². The molecule has 2 heterocycles. The van der Waals surface area contributed by atoms with E-state index < -0.39 is 0 Å². The van der Waals surface area contributed by atoms with E-state index in [1.807, 2.05) is 4.90 Å². The fraction of sp³-hybridized carbons (Fsp3) is 0.476. The number of likely N-dealkylation sites (tertiary alicyclic amines) is 1. The summed E-state index contributed by atoms with van der Waals surface area (Å²) in [6.45, 7) is 6.97. The molecule has 0 spiro atoms. The van der Waals surface area contributed by atoms with Gasteiger partial charge in [0.05, 0.1) is 0 Å². The molecule has 2 fully saturated rings. The summed E-state index contributed by atoms with van der Waals surface area (Å²) in [5.74, 6) is 0.00184. The summed E-state index contributed by atoms with van der Waals surface area (Å²) in [5, 5.41) is 3.49. The van der Waals surface area contributed by atoms with Crippen LogP contribution in [0.15, 0.2) is 36.9 Å². The predicted octanol–water partition coefficient (Wildman–Crippen LogP) is 2.83. The first-order valence-electron chi connectivity index (χ1n) is 9.99. The second-order valence-electron chi connectivity index (χ2n) is 7.41. The van der Waals surface area contributed by atoms with Crippen molar-refractivity contribution in [1.82, 2.24) is 14.7 Å². The number of piperidine rings is 1. The number of benzene rings is 1. The maximum atomic E-state index is 12.9. The largest absolute Gasteiger partial charge is 0.341 e. The topological polar surface area (TPSA) is 73.0 Å². The van der Waals surface area contributed by atoms with Gasteiger partial charge >= 0.3 is 6.03 Å². The zero-order valence-electron chi connectivity index (χ0n) is 16.5. The van der Waals surface area contributed by atoms with E-state index in [4.69, 9.17) is 11.6 Å². The van der Waals surface area contributed by atoms with Crippen LogP contribution in [0.1, 0.15) is 19.3 Å². The third kappa shape index (κ3) is 5.50. The fourth-order valence-electron chi connectivity index (χ4n) is 3.81. The molecule has 0 atom stereocenters. The third-order valence-corrected chi connectivity index (χ3v) is 5.77. The van der Waals surface area contributed by atoms with E-state index in [9.17, 15) is 14.4 Å². The van der Waals surface area contributed by atoms with Crippen LogP contribution >= 0.6 is 11.6 Å². The molecule has 0 aliphatic carbocycles. The van der Waals surface area contributed by atoms with Crippen LogP contribution < -0.4 is 5.32 Å². The summed E-state index contributed by atoms with van der Waals surface area (Å²) >= 11 is 5.87. The van der Waals surface area contributed by atoms with Crippen molar-refractivity contribution >= 4 is 35.1 Å². The first-order chi connectivity index (χ1) is 14.0. The summed E-state index contributed by atoms with van der Waals surface area (Å²) in [6, 6.07) is 6.81. The van der Waals surface area contributed by atoms with Gasteiger partial charge in [-0.25, -0.2) is 4.79 Å². The molecule has 2 saturated heterocycles. The number of carbonyl (C=O) groups is 3. The minimum absolute atomic E-state index is 0.0571. The summed E-state index contributed by atoms with van der Waals surface area (Å²) < 4.78 is 0. The highest BCUT2D eigenvalue weighted by Crippen LogP contribution is 2.21. The van der Waals surface area contributed by atoms with Gasteiger partial charge in [0.15, 0.2) is 0 Å². The molecule has 0 bridgehead atoms. The van der Waals surface area contributed by atoms with Gasteiger partial charge in [0.1, 0.15) is 0 Å². The van der Waals surface area contributed by atoms with E-state index in [0.29, 0.717) is 62.8 Å². The SMILES string of the molecule is C=CC(=O)N1CCC(C(=O)N2CCCN(C(=O)Nc3ccc(Cl)cc3)CC2)CC1. The van der Waals surface area contributed by atoms with Crippen LogP contribution in [0.25, 0.3) is 0 Å². The predicted molar refractivity (Wildman–Crippen MR) is 113 cm³/mol. The van der Waals surface area contributed by atoms with Crippen molar-refractivity contribution in [3.8, 4) is 0 Å². The van der Waals surface area contributed by atoms with Crippen LogP contribution in [-0.4, -0.2) is 71.8 Å². The first kappa shape index (κ1) is 21.2. The molecule has 2 aliphatic rings. The molecule has 156 valence electrons. The molecular formula is C21H27ClN4O3. The average Bonchev–Trinajstić information content (AvgIpc) is 3.01. The van der Waals surface area contributed by atoms with E-state index in [0.717, 1.165) is 6.42 Å². The van der Waals surface area contributed by atoms with Crippen LogP contribution in [0.3, 0.4) is 0 Å². The standard InChI is InChI=1S/C21H27ClN4O3/c1-2-19(27)24-12-8-16(9-13-24)20(28)25-10-3-11-26(15-14-25)21(29)23-18-6-4-17(22)5-7-18/h2,4-7,16H,1,3,8-15H2,(H,23,29). The normalized spacial score (nSPS) is 18.2. The Kier molecular flexibility index (Phi) is 7.14. The highest BCUT2D eigenvalue weighted by Gasteiger charge is 2.31. The number of rotatable bonds is 3. The molecule has 1 aromatic rings. The van der Waals surface area contributed by atoms with E-state index in [2.05, 4.69) is 11.9 Å². The highest BCUT2D eigenvalue weighted by atomic mass is 35.5. The van der Waals surface area contributed by atoms with Gasteiger partial charge < -0.3 is 20.0 Å². The minimum atomic E-state index is -0.169. The van der Waals surface area contributed by atoms with Gasteiger partial charge in [0, 0.05) is 55.9 Å². The van der Waals surface area contributed by atoms with Crippen molar-refractivity contribution in [1.29, 1.82) is 0 Å². The molecule has 1 N–H and O–H groups in total. The van der Waals surface area contributed by atoms with Gasteiger partial charge in [0.25, 0.3) is 0 Å². The summed E-state index contributed by atoms with van der Waals surface area (Å²) in [5.41, 5.74) is 0.692. The first-order valence-corrected chi connectivity index (χ1v) is 10.4. The lowest BCUT2D eigenvalue weighted by Crippen LogP contribution is -2.45. The van der Waals surface area contributed by atoms with Crippen LogP contribution in [0.5, 0.6) is 0 Å². The number of hydrogen-bond donors (Lipinski definition) is 1. The van der Waals surface area contributed by atoms with Crippen molar-refractivity contribution in [2.75, 3.05) is 44.6 Å². The second kappa shape index (κ2) is 9.78. The number of hydrogen-bond acceptors (Lipinski definition) is 3. The summed E-state index contributed by atoms with van der Waals surface area (Å²) in [7, 11) is 0. The van der Waals surface area contributed by atoms with Crippen LogP contribution in [-0.2, 0) is 9.59 Å². The maximum Gasteiger partial charge on any atom is 0.321 e. The molecule has 0 saturated carbocycles. The number of carbonyl (C=O) groups excluding carboxylic acids is 3. The van der Waals surface area contributed by atoms with E-state index >= 15 is 0 Å². The second-order valence-corrected chi connectivity index (χ2v) is 7.84. The molecular weight excluding hydrogens is 392 g/mol. The average molecular weight is 419 g/mol. The van der Waals surface area contributed by atoms with E-state index in [1.165, 1.54) is 6.08 Å². The molecule has 2 aliphatic heterocycles. The van der Waals surface area contributed by atoms with E-state index in [-0.39, 0.29) is 23.8 Å². The zero-order chi connectivity index (χ0) is 20.8. The Morgan fingerprint density at radius 2 is 1.55 bits per heavy atom. The highest BCUT2D eigenvalue weighted by molar-refractivity contribution is 6.30. The van der Waals surface area contributed by atoms with Crippen molar-refractivity contribution in [3.05, 3.63) is 41.9 Å². The molecule has 7 nitrogen and oxygen atoms in total. The van der Waals surface area contributed by atoms with Crippen molar-refractivity contribution in [2.45, 2.75) is 19.3 Å². The minimum Gasteiger partial charge on any atom is -0.341 e. The smallest absolute Gasteiger partial charge is 0.321 e. The number of urea groups is 1. The van der Waals surface area contributed by atoms with Gasteiger partial charge in [-0.05, 0) is 49.6 Å². The molecule has 29 heavy (non-hydrogen) atoms. The van der Waals surface area contributed by atoms with Crippen molar-refractivity contribution in [3.63, 3.8) is 0 Å². The van der Waals surface area contributed by atoms with Gasteiger partial charge in [-0.1, -0.05) is 18.2 Å². The molecule has 0 unspecified atom stereocenters. The Balaban J connectivity index is 1.49. The number of anilines is 1. The van der Waals surface area contributed by atoms with E-state index in [1.54, 1.807) is 34.1 Å². The molecule has 3 rings (SSSR count). The van der Waals surface area contributed by atoms with Crippen LogP contribution in [0.2, 0.25) is 5.02 Å². The number of amides is 4. The quantitative estimate of drug-likeness (QED) is 0.767. The Morgan fingerprint density at radius 3 is 2.21 bits per heavy atom. The Morgan fingerprint density at radius 1 is 0.931 bits per heavy atom. The number of nitrogens with zero attached hydrogens (tertiary/aromatic N) is 3. The van der Waals surface area contributed by atoms with Crippen molar-refractivity contribution in [2.24, 2.45) is 5.92 Å². The summed E-state index contributed by atoms with van der Waals surface area (Å²) in [6.07, 6.45) is 3.42. The van der Waals surface area contributed by atoms with Gasteiger partial charge in [-0.3, -0.25) is 9.59 Å². The zero-order valence-corrected chi connectivity index (χ0v) is 17.2. The lowest BCUT2D eigenvalue weighted by atomic mass is 9.95. The van der Waals surface area contributed by atoms with Gasteiger partial charge in [-0.2, -0.15) is 0 Å². The lowest BCUT2D eigenvalue weighted by molar-refractivity contribution is -0.139. The summed E-state index contributed by atoms with van der Waals surface area (Å²) in [4.78, 5) is 42.5. The lowest BCUT2D eigenvalue weighted by Gasteiger charge is -2.33. The molecule has 1 aromatic carbocycles. The van der Waals surface area contributed by atoms with Crippen molar-refractivity contribution < 1.29 is 14.4 Å². The van der Waals surface area contributed by atoms with Crippen LogP contribution in [0.4, 0.5) is 10.5 Å². The van der Waals surface area contributed by atoms with Gasteiger partial charge in [-0.15, -0.1) is 0 Å². The van der Waals surface area contributed by atoms with Crippen LogP contribution in [0, 0.1) is 5.92 Å². The fourth-order valence-corrected chi connectivity index (χ4v) is 3.94. The number of halogens is 1. The molecule has 4 amide bonds. The molecule has 0 aromatic heterocycles.